The van der Waals surface area contributed by atoms with Crippen LogP contribution in [-0.4, -0.2) is 15.2 Å². The fourth-order valence-electron chi connectivity index (χ4n) is 5.46. The molecular formula is C30H29FN6O. The van der Waals surface area contributed by atoms with Crippen LogP contribution in [0.4, 0.5) is 10.1 Å². The van der Waals surface area contributed by atoms with Crippen LogP contribution in [0.5, 0.6) is 0 Å². The normalized spacial score (nSPS) is 18.4. The third-order valence-electron chi connectivity index (χ3n) is 7.46. The standard InChI is InChI=1S/C30H29FN6O/c1-36-29(38)26(27(32)37-25-9-5-8-24(25)35-30(36)37)28(34-23-6-3-2-4-7-23)33-18-19-10-12-20(13-11-19)21-14-16-22(31)17-15-21/h2-4,6-7,10-17,24-25,32-34H,5,8-9,18H2,1H3/b28-26-,32-27?/t24-,25+/m1/s1. The van der Waals surface area contributed by atoms with Gasteiger partial charge in [-0.25, -0.2) is 9.38 Å². The van der Waals surface area contributed by atoms with Gasteiger partial charge in [0.25, 0.3) is 5.56 Å². The van der Waals surface area contributed by atoms with Gasteiger partial charge in [0.2, 0.25) is 5.62 Å². The molecule has 6 rings (SSSR count). The number of para-hydroxylation sites is 1. The molecule has 4 aromatic rings. The number of benzene rings is 3. The molecule has 0 amide bonds. The Hall–Kier alpha value is -4.46. The molecule has 0 radical (unpaired) electrons. The van der Waals surface area contributed by atoms with E-state index in [-0.39, 0.29) is 28.9 Å². The summed E-state index contributed by atoms with van der Waals surface area (Å²) in [7, 11) is 1.73. The number of rotatable bonds is 6. The SMILES string of the molecule is Cn1c(=O)/c(=C(/NCc2ccc(-c3ccc(F)cc3)cc2)Nc2ccccc2)c(=N)n2c1=N[C@@H]1CCC[C@@H]12. The van der Waals surface area contributed by atoms with Gasteiger partial charge in [-0.05, 0) is 60.2 Å². The Labute approximate surface area is 219 Å². The van der Waals surface area contributed by atoms with Crippen LogP contribution in [0, 0.1) is 11.2 Å². The smallest absolute Gasteiger partial charge is 0.267 e. The van der Waals surface area contributed by atoms with Crippen molar-refractivity contribution in [3.05, 3.63) is 117 Å². The van der Waals surface area contributed by atoms with Crippen LogP contribution >= 0.6 is 0 Å². The van der Waals surface area contributed by atoms with Crippen LogP contribution in [0.1, 0.15) is 30.9 Å². The zero-order chi connectivity index (χ0) is 26.2. The Morgan fingerprint density at radius 3 is 2.39 bits per heavy atom. The van der Waals surface area contributed by atoms with Crippen molar-refractivity contribution < 1.29 is 4.39 Å². The number of hydrogen-bond donors (Lipinski definition) is 3. The highest BCUT2D eigenvalue weighted by molar-refractivity contribution is 5.64. The van der Waals surface area contributed by atoms with Crippen LogP contribution in [-0.2, 0) is 13.6 Å². The zero-order valence-electron chi connectivity index (χ0n) is 21.1. The maximum absolute atomic E-state index is 13.6. The van der Waals surface area contributed by atoms with Gasteiger partial charge in [-0.15, -0.1) is 0 Å². The maximum atomic E-state index is 13.6. The van der Waals surface area contributed by atoms with Crippen molar-refractivity contribution in [3.63, 3.8) is 0 Å². The predicted molar refractivity (Wildman–Crippen MR) is 145 cm³/mol. The van der Waals surface area contributed by atoms with Crippen molar-refractivity contribution in [2.24, 2.45) is 12.0 Å². The Kier molecular flexibility index (Phi) is 6.15. The number of halogens is 1. The molecule has 38 heavy (non-hydrogen) atoms. The molecule has 3 N–H and O–H groups in total. The largest absolute Gasteiger partial charge is 0.367 e. The van der Waals surface area contributed by atoms with Crippen LogP contribution in [0.2, 0.25) is 0 Å². The Morgan fingerprint density at radius 1 is 1.00 bits per heavy atom. The summed E-state index contributed by atoms with van der Waals surface area (Å²) in [6.45, 7) is 0.444. The number of hydrogen-bond acceptors (Lipinski definition) is 5. The van der Waals surface area contributed by atoms with Crippen molar-refractivity contribution in [2.75, 3.05) is 5.32 Å². The predicted octanol–water partition coefficient (Wildman–Crippen LogP) is 3.17. The summed E-state index contributed by atoms with van der Waals surface area (Å²) in [6, 6.07) is 24.3. The van der Waals surface area contributed by atoms with Gasteiger partial charge in [-0.3, -0.25) is 19.3 Å². The third-order valence-corrected chi connectivity index (χ3v) is 7.46. The van der Waals surface area contributed by atoms with Crippen molar-refractivity contribution in [1.29, 1.82) is 5.41 Å². The minimum Gasteiger partial charge on any atom is -0.367 e. The van der Waals surface area contributed by atoms with E-state index in [0.717, 1.165) is 41.6 Å². The van der Waals surface area contributed by atoms with Crippen molar-refractivity contribution in [2.45, 2.75) is 37.9 Å². The first-order chi connectivity index (χ1) is 18.5. The lowest BCUT2D eigenvalue weighted by atomic mass is 10.0. The highest BCUT2D eigenvalue weighted by Gasteiger charge is 2.34. The molecule has 2 aliphatic rings. The topological polar surface area (TPSA) is 87.2 Å². The van der Waals surface area contributed by atoms with Gasteiger partial charge < -0.3 is 10.6 Å². The van der Waals surface area contributed by atoms with Crippen molar-refractivity contribution >= 4 is 11.5 Å². The molecule has 0 saturated heterocycles. The van der Waals surface area contributed by atoms with Gasteiger partial charge in [0.15, 0.2) is 0 Å². The van der Waals surface area contributed by atoms with Gasteiger partial charge in [0.1, 0.15) is 22.3 Å². The summed E-state index contributed by atoms with van der Waals surface area (Å²) in [4.78, 5) is 18.4. The number of aromatic nitrogens is 2. The second-order valence-corrected chi connectivity index (χ2v) is 9.88. The van der Waals surface area contributed by atoms with Crippen molar-refractivity contribution in [3.8, 4) is 11.1 Å². The first-order valence-corrected chi connectivity index (χ1v) is 12.9. The molecular weight excluding hydrogens is 479 g/mol. The summed E-state index contributed by atoms with van der Waals surface area (Å²) in [6.07, 6.45) is 3.03. The minimum absolute atomic E-state index is 0.125. The molecule has 0 spiro atoms. The molecule has 1 saturated carbocycles. The molecule has 0 unspecified atom stereocenters. The van der Waals surface area contributed by atoms with Gasteiger partial charge in [-0.1, -0.05) is 54.6 Å². The highest BCUT2D eigenvalue weighted by atomic mass is 19.1. The minimum atomic E-state index is -0.262. The number of anilines is 1. The summed E-state index contributed by atoms with van der Waals surface area (Å²) >= 11 is 0. The second-order valence-electron chi connectivity index (χ2n) is 9.88. The fourth-order valence-corrected chi connectivity index (χ4v) is 5.46. The van der Waals surface area contributed by atoms with E-state index < -0.39 is 0 Å². The molecule has 3 aromatic carbocycles. The lowest BCUT2D eigenvalue weighted by molar-refractivity contribution is 0.465. The fraction of sp³-hybridized carbons (Fsp3) is 0.233. The van der Waals surface area contributed by atoms with Crippen LogP contribution in [0.25, 0.3) is 16.9 Å². The van der Waals surface area contributed by atoms with Gasteiger partial charge in [0, 0.05) is 19.3 Å². The average Bonchev–Trinajstić information content (AvgIpc) is 3.54. The van der Waals surface area contributed by atoms with E-state index in [1.807, 2.05) is 59.2 Å². The van der Waals surface area contributed by atoms with Crippen LogP contribution in [0.3, 0.4) is 0 Å². The van der Waals surface area contributed by atoms with Gasteiger partial charge >= 0.3 is 0 Å². The van der Waals surface area contributed by atoms with Gasteiger partial charge in [0.05, 0.1) is 12.1 Å². The van der Waals surface area contributed by atoms with Crippen LogP contribution < -0.4 is 32.5 Å². The molecule has 192 valence electrons. The molecule has 1 aromatic heterocycles. The Balaban J connectivity index is 1.39. The number of fused-ring (bicyclic) bond motifs is 3. The summed E-state index contributed by atoms with van der Waals surface area (Å²) < 4.78 is 16.8. The van der Waals surface area contributed by atoms with E-state index in [1.54, 1.807) is 23.7 Å². The molecule has 1 aliphatic carbocycles. The molecule has 1 aliphatic heterocycles. The Bertz CT molecular complexity index is 1720. The summed E-state index contributed by atoms with van der Waals surface area (Å²) in [5, 5.41) is 16.2. The molecule has 0 bridgehead atoms. The molecule has 7 nitrogen and oxygen atoms in total. The molecule has 8 heteroatoms. The maximum Gasteiger partial charge on any atom is 0.267 e. The molecule has 2 heterocycles. The molecule has 2 atom stereocenters. The average molecular weight is 509 g/mol. The van der Waals surface area contributed by atoms with E-state index in [0.29, 0.717) is 23.2 Å². The van der Waals surface area contributed by atoms with Crippen LogP contribution in [0.15, 0.2) is 88.6 Å². The monoisotopic (exact) mass is 508 g/mol. The number of nitrogens with zero attached hydrogens (tertiary/aromatic N) is 3. The van der Waals surface area contributed by atoms with E-state index in [4.69, 9.17) is 10.4 Å². The quantitative estimate of drug-likeness (QED) is 0.374. The molecule has 1 fully saturated rings. The lowest BCUT2D eigenvalue weighted by Gasteiger charge is -2.17. The lowest BCUT2D eigenvalue weighted by Crippen LogP contribution is -2.59. The first kappa shape index (κ1) is 23.9. The zero-order valence-corrected chi connectivity index (χ0v) is 21.1. The van der Waals surface area contributed by atoms with E-state index in [9.17, 15) is 9.18 Å². The highest BCUT2D eigenvalue weighted by Crippen LogP contribution is 2.32. The third kappa shape index (κ3) is 4.32. The first-order valence-electron chi connectivity index (χ1n) is 12.9. The summed E-state index contributed by atoms with van der Waals surface area (Å²) in [5.41, 5.74) is 4.25. The van der Waals surface area contributed by atoms with E-state index >= 15 is 0 Å². The van der Waals surface area contributed by atoms with Crippen molar-refractivity contribution in [1.82, 2.24) is 14.5 Å². The summed E-state index contributed by atoms with van der Waals surface area (Å²) in [5.74, 6) is 0.228. The second kappa shape index (κ2) is 9.78. The Morgan fingerprint density at radius 2 is 1.68 bits per heavy atom. The van der Waals surface area contributed by atoms with E-state index in [2.05, 4.69) is 10.6 Å². The number of nitrogens with one attached hydrogen (secondary N) is 3. The van der Waals surface area contributed by atoms with Gasteiger partial charge in [-0.2, -0.15) is 0 Å². The van der Waals surface area contributed by atoms with E-state index in [1.165, 1.54) is 12.1 Å².